The second-order valence-electron chi connectivity index (χ2n) is 2.23. The monoisotopic (exact) mass is 147 g/mol. The van der Waals surface area contributed by atoms with Gasteiger partial charge in [-0.2, -0.15) is 0 Å². The molecule has 0 aliphatic carbocycles. The Morgan fingerprint density at radius 2 is 2.33 bits per heavy atom. The number of halogens is 1. The summed E-state index contributed by atoms with van der Waals surface area (Å²) in [6.45, 7) is 3.27. The maximum atomic E-state index is 3.37. The second kappa shape index (κ2) is 4.83. The molecule has 1 rings (SSSR count). The lowest BCUT2D eigenvalue weighted by Crippen LogP contribution is -2.17. The van der Waals surface area contributed by atoms with Gasteiger partial charge >= 0.3 is 0 Å². The molecular formula is C7H14ClN. The molecule has 1 heterocycles. The van der Waals surface area contributed by atoms with E-state index in [1.165, 1.54) is 19.4 Å². The molecule has 1 fully saturated rings. The van der Waals surface area contributed by atoms with Gasteiger partial charge in [-0.05, 0) is 26.3 Å². The Hall–Kier alpha value is -0.0100. The minimum absolute atomic E-state index is 0. The van der Waals surface area contributed by atoms with Crippen LogP contribution in [0, 0.1) is 0 Å². The third kappa shape index (κ3) is 2.87. The van der Waals surface area contributed by atoms with Gasteiger partial charge in [0.25, 0.3) is 0 Å². The number of allylic oxidation sites excluding steroid dienone is 1. The topological polar surface area (TPSA) is 12.0 Å². The van der Waals surface area contributed by atoms with E-state index >= 15 is 0 Å². The first-order chi connectivity index (χ1) is 3.93. The van der Waals surface area contributed by atoms with E-state index in [9.17, 15) is 0 Å². The van der Waals surface area contributed by atoms with E-state index in [0.29, 0.717) is 6.04 Å². The Bertz CT molecular complexity index is 84.9. The van der Waals surface area contributed by atoms with E-state index < -0.39 is 0 Å². The minimum Gasteiger partial charge on any atom is -0.311 e. The van der Waals surface area contributed by atoms with Gasteiger partial charge in [0.05, 0.1) is 0 Å². The van der Waals surface area contributed by atoms with Crippen molar-refractivity contribution in [2.24, 2.45) is 0 Å². The third-order valence-electron chi connectivity index (χ3n) is 1.52. The Morgan fingerprint density at radius 1 is 1.56 bits per heavy atom. The molecule has 1 aliphatic heterocycles. The zero-order valence-corrected chi connectivity index (χ0v) is 6.58. The highest BCUT2D eigenvalue weighted by Gasteiger charge is 2.08. The summed E-state index contributed by atoms with van der Waals surface area (Å²) in [6, 6.07) is 0.681. The normalized spacial score (nSPS) is 26.6. The molecule has 0 aromatic carbocycles. The highest BCUT2D eigenvalue weighted by molar-refractivity contribution is 5.85. The van der Waals surface area contributed by atoms with Crippen LogP contribution in [0.4, 0.5) is 0 Å². The molecule has 0 unspecified atom stereocenters. The lowest BCUT2D eigenvalue weighted by atomic mass is 10.2. The third-order valence-corrected chi connectivity index (χ3v) is 1.52. The molecule has 9 heavy (non-hydrogen) atoms. The molecule has 2 heteroatoms. The van der Waals surface area contributed by atoms with Crippen LogP contribution in [0.5, 0.6) is 0 Å². The molecular weight excluding hydrogens is 134 g/mol. The molecule has 0 spiro atoms. The molecule has 1 aliphatic rings. The van der Waals surface area contributed by atoms with Crippen LogP contribution >= 0.6 is 12.4 Å². The van der Waals surface area contributed by atoms with Gasteiger partial charge in [0.1, 0.15) is 0 Å². The molecule has 1 nitrogen and oxygen atoms in total. The first kappa shape index (κ1) is 8.99. The molecule has 0 aromatic heterocycles. The first-order valence-electron chi connectivity index (χ1n) is 3.29. The van der Waals surface area contributed by atoms with Gasteiger partial charge in [0.15, 0.2) is 0 Å². The number of hydrogen-bond donors (Lipinski definition) is 1. The second-order valence-corrected chi connectivity index (χ2v) is 2.23. The van der Waals surface area contributed by atoms with Crippen molar-refractivity contribution in [3.05, 3.63) is 12.2 Å². The molecule has 0 amide bonds. The van der Waals surface area contributed by atoms with Crippen LogP contribution < -0.4 is 5.32 Å². The molecule has 1 saturated heterocycles. The average Bonchev–Trinajstić information content (AvgIpc) is 2.19. The number of hydrogen-bond acceptors (Lipinski definition) is 1. The summed E-state index contributed by atoms with van der Waals surface area (Å²) >= 11 is 0. The summed E-state index contributed by atoms with van der Waals surface area (Å²) in [7, 11) is 0. The fraction of sp³-hybridized carbons (Fsp3) is 0.714. The lowest BCUT2D eigenvalue weighted by Gasteiger charge is -1.99. The van der Waals surface area contributed by atoms with E-state index in [4.69, 9.17) is 0 Å². The van der Waals surface area contributed by atoms with E-state index in [1.807, 2.05) is 0 Å². The Balaban J connectivity index is 0.000000640. The average molecular weight is 148 g/mol. The maximum absolute atomic E-state index is 3.37. The predicted octanol–water partition coefficient (Wildman–Crippen LogP) is 1.74. The predicted molar refractivity (Wildman–Crippen MR) is 43.1 cm³/mol. The summed E-state index contributed by atoms with van der Waals surface area (Å²) in [4.78, 5) is 0. The van der Waals surface area contributed by atoms with Gasteiger partial charge in [-0.1, -0.05) is 12.2 Å². The van der Waals surface area contributed by atoms with E-state index in [2.05, 4.69) is 24.4 Å². The van der Waals surface area contributed by atoms with Crippen molar-refractivity contribution in [3.63, 3.8) is 0 Å². The van der Waals surface area contributed by atoms with Gasteiger partial charge in [-0.15, -0.1) is 12.4 Å². The number of nitrogens with one attached hydrogen (secondary N) is 1. The molecule has 1 atom stereocenters. The van der Waals surface area contributed by atoms with Gasteiger partial charge in [-0.3, -0.25) is 0 Å². The Morgan fingerprint density at radius 3 is 2.78 bits per heavy atom. The van der Waals surface area contributed by atoms with Crippen molar-refractivity contribution in [2.75, 3.05) is 6.54 Å². The summed E-state index contributed by atoms with van der Waals surface area (Å²) in [5, 5.41) is 3.37. The maximum Gasteiger partial charge on any atom is 0.0250 e. The largest absolute Gasteiger partial charge is 0.311 e. The zero-order valence-electron chi connectivity index (χ0n) is 5.76. The minimum atomic E-state index is 0. The molecule has 0 aromatic rings. The van der Waals surface area contributed by atoms with Gasteiger partial charge in [0, 0.05) is 6.04 Å². The molecule has 1 N–H and O–H groups in total. The van der Waals surface area contributed by atoms with Crippen LogP contribution in [-0.4, -0.2) is 12.6 Å². The summed E-state index contributed by atoms with van der Waals surface area (Å²) in [5.74, 6) is 0. The van der Waals surface area contributed by atoms with Crippen molar-refractivity contribution >= 4 is 12.4 Å². The van der Waals surface area contributed by atoms with Crippen molar-refractivity contribution in [1.82, 2.24) is 5.32 Å². The van der Waals surface area contributed by atoms with Crippen LogP contribution in [-0.2, 0) is 0 Å². The smallest absolute Gasteiger partial charge is 0.0250 e. The van der Waals surface area contributed by atoms with E-state index in [1.54, 1.807) is 0 Å². The van der Waals surface area contributed by atoms with Crippen LogP contribution in [0.25, 0.3) is 0 Å². The fourth-order valence-corrected chi connectivity index (χ4v) is 1.11. The first-order valence-corrected chi connectivity index (χ1v) is 3.29. The lowest BCUT2D eigenvalue weighted by molar-refractivity contribution is 0.727. The van der Waals surface area contributed by atoms with Crippen LogP contribution in [0.3, 0.4) is 0 Å². The van der Waals surface area contributed by atoms with Gasteiger partial charge < -0.3 is 5.32 Å². The fourth-order valence-electron chi connectivity index (χ4n) is 1.11. The van der Waals surface area contributed by atoms with Crippen molar-refractivity contribution in [3.8, 4) is 0 Å². The van der Waals surface area contributed by atoms with Crippen LogP contribution in [0.1, 0.15) is 19.8 Å². The number of rotatable bonds is 1. The van der Waals surface area contributed by atoms with E-state index in [0.717, 1.165) is 0 Å². The Kier molecular flexibility index (Phi) is 4.83. The SMILES string of the molecule is C/C=C\[C@H]1CCCN1.Cl. The van der Waals surface area contributed by atoms with Crippen molar-refractivity contribution in [2.45, 2.75) is 25.8 Å². The quantitative estimate of drug-likeness (QED) is 0.558. The summed E-state index contributed by atoms with van der Waals surface area (Å²) < 4.78 is 0. The van der Waals surface area contributed by atoms with E-state index in [-0.39, 0.29) is 12.4 Å². The standard InChI is InChI=1S/C7H13N.ClH/c1-2-4-7-5-3-6-8-7;/h2,4,7-8H,3,5-6H2,1H3;1H/b4-2-;/t7-;/m0./s1. The zero-order chi connectivity index (χ0) is 5.82. The van der Waals surface area contributed by atoms with Crippen molar-refractivity contribution < 1.29 is 0 Å². The van der Waals surface area contributed by atoms with Gasteiger partial charge in [0.2, 0.25) is 0 Å². The Labute approximate surface area is 62.9 Å². The van der Waals surface area contributed by atoms with Crippen molar-refractivity contribution in [1.29, 1.82) is 0 Å². The van der Waals surface area contributed by atoms with Crippen LogP contribution in [0.2, 0.25) is 0 Å². The highest BCUT2D eigenvalue weighted by Crippen LogP contribution is 2.04. The summed E-state index contributed by atoms with van der Waals surface area (Å²) in [6.07, 6.45) is 7.01. The summed E-state index contributed by atoms with van der Waals surface area (Å²) in [5.41, 5.74) is 0. The van der Waals surface area contributed by atoms with Gasteiger partial charge in [-0.25, -0.2) is 0 Å². The molecule has 0 saturated carbocycles. The molecule has 0 radical (unpaired) electrons. The van der Waals surface area contributed by atoms with Crippen LogP contribution in [0.15, 0.2) is 12.2 Å². The highest BCUT2D eigenvalue weighted by atomic mass is 35.5. The molecule has 54 valence electrons. The molecule has 0 bridgehead atoms.